The Balaban J connectivity index is 1.45. The number of rotatable bonds is 3. The fraction of sp³-hybridized carbons (Fsp3) is 0.500. The first-order chi connectivity index (χ1) is 11.3. The van der Waals surface area contributed by atoms with Crippen LogP contribution in [-0.2, 0) is 24.2 Å². The lowest BCUT2D eigenvalue weighted by Crippen LogP contribution is -2.45. The highest BCUT2D eigenvalue weighted by atomic mass is 32.1. The van der Waals surface area contributed by atoms with Crippen molar-refractivity contribution in [2.24, 2.45) is 0 Å². The van der Waals surface area contributed by atoms with Crippen molar-refractivity contribution in [3.05, 3.63) is 43.8 Å². The smallest absolute Gasteiger partial charge is 0.237 e. The van der Waals surface area contributed by atoms with Crippen LogP contribution in [0, 0.1) is 0 Å². The number of carbonyl (C=O) groups is 1. The lowest BCUT2D eigenvalue weighted by molar-refractivity contribution is -0.134. The van der Waals surface area contributed by atoms with Crippen LogP contribution in [0.25, 0.3) is 0 Å². The van der Waals surface area contributed by atoms with Gasteiger partial charge in [-0.25, -0.2) is 0 Å². The van der Waals surface area contributed by atoms with E-state index in [1.165, 1.54) is 20.9 Å². The second-order valence-electron chi connectivity index (χ2n) is 6.38. The number of carbonyl (C=O) groups excluding carboxylic acids is 1. The molecule has 0 saturated carbocycles. The molecule has 1 atom stereocenters. The SMILES string of the molecule is CCC1c2ccsc2CCN1CC(=O)N1CCc2sccc2C1. The summed E-state index contributed by atoms with van der Waals surface area (Å²) < 4.78 is 0. The molecule has 2 aromatic heterocycles. The Kier molecular flexibility index (Phi) is 4.26. The van der Waals surface area contributed by atoms with Gasteiger partial charge >= 0.3 is 0 Å². The third kappa shape index (κ3) is 2.86. The van der Waals surface area contributed by atoms with Crippen LogP contribution in [0.2, 0.25) is 0 Å². The van der Waals surface area contributed by atoms with Crippen molar-refractivity contribution in [2.75, 3.05) is 19.6 Å². The number of hydrogen-bond acceptors (Lipinski definition) is 4. The van der Waals surface area contributed by atoms with E-state index in [0.717, 1.165) is 38.9 Å². The van der Waals surface area contributed by atoms with Gasteiger partial charge in [-0.3, -0.25) is 9.69 Å². The van der Waals surface area contributed by atoms with Crippen LogP contribution in [0.4, 0.5) is 0 Å². The monoisotopic (exact) mass is 346 g/mol. The first kappa shape index (κ1) is 15.4. The highest BCUT2D eigenvalue weighted by molar-refractivity contribution is 7.10. The van der Waals surface area contributed by atoms with E-state index in [9.17, 15) is 4.79 Å². The lowest BCUT2D eigenvalue weighted by Gasteiger charge is -2.37. The molecular weight excluding hydrogens is 324 g/mol. The summed E-state index contributed by atoms with van der Waals surface area (Å²) in [5.74, 6) is 0.291. The minimum Gasteiger partial charge on any atom is -0.337 e. The fourth-order valence-electron chi connectivity index (χ4n) is 3.85. The first-order valence-electron chi connectivity index (χ1n) is 8.39. The van der Waals surface area contributed by atoms with E-state index in [-0.39, 0.29) is 0 Å². The minimum absolute atomic E-state index is 0.291. The molecule has 2 aliphatic heterocycles. The van der Waals surface area contributed by atoms with Crippen molar-refractivity contribution in [1.29, 1.82) is 0 Å². The van der Waals surface area contributed by atoms with Crippen molar-refractivity contribution in [3.63, 3.8) is 0 Å². The summed E-state index contributed by atoms with van der Waals surface area (Å²) in [7, 11) is 0. The molecule has 0 aromatic carbocycles. The zero-order chi connectivity index (χ0) is 15.8. The summed E-state index contributed by atoms with van der Waals surface area (Å²) in [6.45, 7) is 5.47. The molecular formula is C18H22N2OS2. The van der Waals surface area contributed by atoms with Gasteiger partial charge in [0.05, 0.1) is 6.54 Å². The Morgan fingerprint density at radius 2 is 1.96 bits per heavy atom. The Bertz CT molecular complexity index is 705. The molecule has 4 heterocycles. The Hall–Kier alpha value is -1.17. The molecule has 3 nitrogen and oxygen atoms in total. The van der Waals surface area contributed by atoms with E-state index >= 15 is 0 Å². The normalized spacial score (nSPS) is 21.1. The quantitative estimate of drug-likeness (QED) is 0.846. The predicted molar refractivity (Wildman–Crippen MR) is 96.1 cm³/mol. The van der Waals surface area contributed by atoms with Gasteiger partial charge < -0.3 is 4.90 Å². The second-order valence-corrected chi connectivity index (χ2v) is 8.38. The maximum atomic E-state index is 12.8. The summed E-state index contributed by atoms with van der Waals surface area (Å²) in [6.07, 6.45) is 3.18. The predicted octanol–water partition coefficient (Wildman–Crippen LogP) is 3.70. The van der Waals surface area contributed by atoms with Gasteiger partial charge in [-0.15, -0.1) is 22.7 Å². The molecule has 1 amide bonds. The third-order valence-corrected chi connectivity index (χ3v) is 7.11. The van der Waals surface area contributed by atoms with E-state index in [0.29, 0.717) is 18.5 Å². The molecule has 0 saturated heterocycles. The summed E-state index contributed by atoms with van der Waals surface area (Å²) >= 11 is 3.69. The molecule has 2 aromatic rings. The van der Waals surface area contributed by atoms with Gasteiger partial charge in [-0.2, -0.15) is 0 Å². The van der Waals surface area contributed by atoms with Crippen molar-refractivity contribution in [1.82, 2.24) is 9.80 Å². The fourth-order valence-corrected chi connectivity index (χ4v) is 5.67. The molecule has 0 N–H and O–H groups in total. The summed E-state index contributed by atoms with van der Waals surface area (Å²) in [5.41, 5.74) is 2.80. The van der Waals surface area contributed by atoms with Gasteiger partial charge in [0, 0.05) is 35.4 Å². The van der Waals surface area contributed by atoms with Gasteiger partial charge in [0.25, 0.3) is 0 Å². The van der Waals surface area contributed by atoms with Crippen LogP contribution >= 0.6 is 22.7 Å². The summed E-state index contributed by atoms with van der Waals surface area (Å²) in [4.78, 5) is 20.2. The van der Waals surface area contributed by atoms with Crippen molar-refractivity contribution in [2.45, 2.75) is 38.8 Å². The van der Waals surface area contributed by atoms with E-state index in [1.54, 1.807) is 0 Å². The van der Waals surface area contributed by atoms with Gasteiger partial charge in [-0.05, 0) is 53.3 Å². The van der Waals surface area contributed by atoms with Crippen LogP contribution in [-0.4, -0.2) is 35.3 Å². The minimum atomic E-state index is 0.291. The second kappa shape index (κ2) is 6.38. The number of hydrogen-bond donors (Lipinski definition) is 0. The number of fused-ring (bicyclic) bond motifs is 2. The molecule has 0 bridgehead atoms. The number of amides is 1. The van der Waals surface area contributed by atoms with Crippen LogP contribution < -0.4 is 0 Å². The number of nitrogens with zero attached hydrogens (tertiary/aromatic N) is 2. The maximum Gasteiger partial charge on any atom is 0.237 e. The molecule has 23 heavy (non-hydrogen) atoms. The molecule has 0 fully saturated rings. The van der Waals surface area contributed by atoms with Crippen LogP contribution in [0.5, 0.6) is 0 Å². The van der Waals surface area contributed by atoms with E-state index in [1.807, 2.05) is 27.6 Å². The molecule has 5 heteroatoms. The highest BCUT2D eigenvalue weighted by Crippen LogP contribution is 2.35. The first-order valence-corrected chi connectivity index (χ1v) is 10.2. The Morgan fingerprint density at radius 3 is 2.83 bits per heavy atom. The molecule has 1 unspecified atom stereocenters. The van der Waals surface area contributed by atoms with Crippen molar-refractivity contribution < 1.29 is 4.79 Å². The standard InChI is InChI=1S/C18H22N2OS2/c1-2-15-14-6-10-23-17(14)4-7-19(15)12-18(21)20-8-3-16-13(11-20)5-9-22-16/h5-6,9-10,15H,2-4,7-8,11-12H2,1H3. The van der Waals surface area contributed by atoms with Crippen LogP contribution in [0.1, 0.15) is 40.3 Å². The van der Waals surface area contributed by atoms with Gasteiger partial charge in [-0.1, -0.05) is 6.92 Å². The third-order valence-electron chi connectivity index (χ3n) is 5.09. The molecule has 0 radical (unpaired) electrons. The van der Waals surface area contributed by atoms with Gasteiger partial charge in [0.1, 0.15) is 0 Å². The molecule has 0 aliphatic carbocycles. The van der Waals surface area contributed by atoms with E-state index < -0.39 is 0 Å². The van der Waals surface area contributed by atoms with Crippen molar-refractivity contribution in [3.8, 4) is 0 Å². The average Bonchev–Trinajstić information content (AvgIpc) is 3.22. The molecule has 122 valence electrons. The molecule has 4 rings (SSSR count). The topological polar surface area (TPSA) is 23.6 Å². The van der Waals surface area contributed by atoms with E-state index in [2.05, 4.69) is 34.7 Å². The molecule has 0 spiro atoms. The van der Waals surface area contributed by atoms with E-state index in [4.69, 9.17) is 0 Å². The van der Waals surface area contributed by atoms with Crippen LogP contribution in [0.15, 0.2) is 22.9 Å². The summed E-state index contributed by atoms with van der Waals surface area (Å²) in [6, 6.07) is 4.84. The maximum absolute atomic E-state index is 12.8. The largest absolute Gasteiger partial charge is 0.337 e. The lowest BCUT2D eigenvalue weighted by atomic mass is 9.98. The number of thiophene rings is 2. The van der Waals surface area contributed by atoms with Crippen molar-refractivity contribution >= 4 is 28.6 Å². The van der Waals surface area contributed by atoms with Crippen LogP contribution in [0.3, 0.4) is 0 Å². The Morgan fingerprint density at radius 1 is 1.17 bits per heavy atom. The van der Waals surface area contributed by atoms with Gasteiger partial charge in [0.15, 0.2) is 0 Å². The van der Waals surface area contributed by atoms with Gasteiger partial charge in [0.2, 0.25) is 5.91 Å². The molecule has 2 aliphatic rings. The zero-order valence-corrected chi connectivity index (χ0v) is 15.1. The highest BCUT2D eigenvalue weighted by Gasteiger charge is 2.30. The Labute approximate surface area is 145 Å². The average molecular weight is 347 g/mol. The zero-order valence-electron chi connectivity index (χ0n) is 13.5. The summed E-state index contributed by atoms with van der Waals surface area (Å²) in [5, 5.41) is 4.34.